The molecule has 0 unspecified atom stereocenters. The van der Waals surface area contributed by atoms with E-state index in [1.165, 1.54) is 31.6 Å². The van der Waals surface area contributed by atoms with Crippen LogP contribution in [-0.4, -0.2) is 53.4 Å². The number of piperazine rings is 1. The third-order valence-electron chi connectivity index (χ3n) is 3.90. The largest absolute Gasteiger partial charge is 0.336 e. The summed E-state index contributed by atoms with van der Waals surface area (Å²) >= 11 is 0. The number of nitrogens with zero attached hydrogens (tertiary/aromatic N) is 2. The summed E-state index contributed by atoms with van der Waals surface area (Å²) < 4.78 is 0. The SMILES string of the molecule is O=C(c1ccc(=O)[nH]c1)N1CCN(CC2CC2)CC1. The number of aromatic amines is 1. The van der Waals surface area contributed by atoms with Crippen molar-refractivity contribution in [2.24, 2.45) is 5.92 Å². The van der Waals surface area contributed by atoms with E-state index in [-0.39, 0.29) is 11.5 Å². The Hall–Kier alpha value is -1.62. The van der Waals surface area contributed by atoms with Gasteiger partial charge < -0.3 is 9.88 Å². The first-order valence-electron chi connectivity index (χ1n) is 6.93. The molecule has 0 bridgehead atoms. The van der Waals surface area contributed by atoms with E-state index in [4.69, 9.17) is 0 Å². The van der Waals surface area contributed by atoms with Crippen molar-refractivity contribution in [1.82, 2.24) is 14.8 Å². The van der Waals surface area contributed by atoms with Crippen molar-refractivity contribution < 1.29 is 4.79 Å². The second kappa shape index (κ2) is 5.17. The van der Waals surface area contributed by atoms with Crippen LogP contribution in [0.5, 0.6) is 0 Å². The fourth-order valence-electron chi connectivity index (χ4n) is 2.53. The first-order valence-corrected chi connectivity index (χ1v) is 6.93. The van der Waals surface area contributed by atoms with Crippen molar-refractivity contribution in [3.05, 3.63) is 34.2 Å². The van der Waals surface area contributed by atoms with Crippen LogP contribution in [-0.2, 0) is 0 Å². The van der Waals surface area contributed by atoms with Gasteiger partial charge in [-0.05, 0) is 24.8 Å². The van der Waals surface area contributed by atoms with Gasteiger partial charge in [0.1, 0.15) is 0 Å². The van der Waals surface area contributed by atoms with Gasteiger partial charge in [0.25, 0.3) is 5.91 Å². The summed E-state index contributed by atoms with van der Waals surface area (Å²) in [6.07, 6.45) is 4.24. The van der Waals surface area contributed by atoms with Crippen LogP contribution in [0.15, 0.2) is 23.1 Å². The second-order valence-corrected chi connectivity index (χ2v) is 5.48. The zero-order chi connectivity index (χ0) is 13.2. The lowest BCUT2D eigenvalue weighted by atomic mass is 10.2. The molecule has 5 heteroatoms. The highest BCUT2D eigenvalue weighted by Crippen LogP contribution is 2.29. The van der Waals surface area contributed by atoms with E-state index in [0.717, 1.165) is 32.1 Å². The van der Waals surface area contributed by atoms with Gasteiger partial charge in [-0.2, -0.15) is 0 Å². The average Bonchev–Trinajstić information content (AvgIpc) is 3.24. The second-order valence-electron chi connectivity index (χ2n) is 5.48. The van der Waals surface area contributed by atoms with Crippen LogP contribution < -0.4 is 5.56 Å². The normalized spacial score (nSPS) is 20.5. The Labute approximate surface area is 112 Å². The van der Waals surface area contributed by atoms with Gasteiger partial charge in [0, 0.05) is 45.0 Å². The molecule has 1 aliphatic heterocycles. The Balaban J connectivity index is 1.56. The van der Waals surface area contributed by atoms with Crippen molar-refractivity contribution in [3.8, 4) is 0 Å². The quantitative estimate of drug-likeness (QED) is 0.864. The number of pyridine rings is 1. The summed E-state index contributed by atoms with van der Waals surface area (Å²) in [5.74, 6) is 0.920. The minimum absolute atomic E-state index is 0.0160. The number of carbonyl (C=O) groups excluding carboxylic acids is 1. The van der Waals surface area contributed by atoms with E-state index < -0.39 is 0 Å². The maximum atomic E-state index is 12.2. The maximum absolute atomic E-state index is 12.2. The number of rotatable bonds is 3. The van der Waals surface area contributed by atoms with Crippen LogP contribution >= 0.6 is 0 Å². The fourth-order valence-corrected chi connectivity index (χ4v) is 2.53. The van der Waals surface area contributed by atoms with E-state index in [1.807, 2.05) is 4.90 Å². The van der Waals surface area contributed by atoms with Crippen LogP contribution in [0.2, 0.25) is 0 Å². The molecule has 2 fully saturated rings. The van der Waals surface area contributed by atoms with Crippen molar-refractivity contribution in [1.29, 1.82) is 0 Å². The molecule has 2 aliphatic rings. The van der Waals surface area contributed by atoms with Gasteiger partial charge in [0.2, 0.25) is 5.56 Å². The number of aromatic nitrogens is 1. The van der Waals surface area contributed by atoms with Gasteiger partial charge >= 0.3 is 0 Å². The lowest BCUT2D eigenvalue weighted by molar-refractivity contribution is 0.0631. The minimum atomic E-state index is -0.175. The highest BCUT2D eigenvalue weighted by molar-refractivity contribution is 5.93. The zero-order valence-electron chi connectivity index (χ0n) is 11.0. The molecule has 3 rings (SSSR count). The summed E-state index contributed by atoms with van der Waals surface area (Å²) in [5.41, 5.74) is 0.390. The van der Waals surface area contributed by atoms with Crippen molar-refractivity contribution in [3.63, 3.8) is 0 Å². The molecule has 1 aliphatic carbocycles. The van der Waals surface area contributed by atoms with Gasteiger partial charge in [-0.1, -0.05) is 0 Å². The molecular weight excluding hydrogens is 242 g/mol. The molecule has 5 nitrogen and oxygen atoms in total. The van der Waals surface area contributed by atoms with Gasteiger partial charge in [-0.15, -0.1) is 0 Å². The van der Waals surface area contributed by atoms with Crippen LogP contribution in [0.25, 0.3) is 0 Å². The molecular formula is C14H19N3O2. The molecule has 2 heterocycles. The van der Waals surface area contributed by atoms with E-state index in [0.29, 0.717) is 5.56 Å². The summed E-state index contributed by atoms with van der Waals surface area (Å²) in [5, 5.41) is 0. The Bertz CT molecular complexity index is 493. The number of amides is 1. The Kier molecular flexibility index (Phi) is 3.38. The first kappa shape index (κ1) is 12.4. The first-order chi connectivity index (χ1) is 9.22. The molecule has 0 spiro atoms. The Morgan fingerprint density at radius 2 is 1.95 bits per heavy atom. The molecule has 1 N–H and O–H groups in total. The minimum Gasteiger partial charge on any atom is -0.336 e. The number of H-pyrrole nitrogens is 1. The number of hydrogen-bond acceptors (Lipinski definition) is 3. The van der Waals surface area contributed by atoms with Crippen molar-refractivity contribution >= 4 is 5.91 Å². The van der Waals surface area contributed by atoms with E-state index in [9.17, 15) is 9.59 Å². The van der Waals surface area contributed by atoms with Crippen LogP contribution in [0.3, 0.4) is 0 Å². The zero-order valence-corrected chi connectivity index (χ0v) is 11.0. The van der Waals surface area contributed by atoms with E-state index in [1.54, 1.807) is 6.07 Å². The molecule has 0 atom stereocenters. The van der Waals surface area contributed by atoms with Gasteiger partial charge in [0.05, 0.1) is 5.56 Å². The van der Waals surface area contributed by atoms with Gasteiger partial charge in [0.15, 0.2) is 0 Å². The fraction of sp³-hybridized carbons (Fsp3) is 0.571. The number of carbonyl (C=O) groups is 1. The molecule has 1 saturated carbocycles. The molecule has 1 aromatic heterocycles. The summed E-state index contributed by atoms with van der Waals surface area (Å²) in [6.45, 7) is 4.69. The molecule has 0 radical (unpaired) electrons. The molecule has 19 heavy (non-hydrogen) atoms. The van der Waals surface area contributed by atoms with Gasteiger partial charge in [-0.25, -0.2) is 0 Å². The van der Waals surface area contributed by atoms with Crippen molar-refractivity contribution in [2.75, 3.05) is 32.7 Å². The monoisotopic (exact) mass is 261 g/mol. The third-order valence-corrected chi connectivity index (χ3v) is 3.90. The molecule has 1 aromatic rings. The van der Waals surface area contributed by atoms with Crippen LogP contribution in [0.1, 0.15) is 23.2 Å². The average molecular weight is 261 g/mol. The summed E-state index contributed by atoms with van der Waals surface area (Å²) in [7, 11) is 0. The highest BCUT2D eigenvalue weighted by atomic mass is 16.2. The number of nitrogens with one attached hydrogen (secondary N) is 1. The Morgan fingerprint density at radius 3 is 2.53 bits per heavy atom. The topological polar surface area (TPSA) is 56.4 Å². The lowest BCUT2D eigenvalue weighted by Gasteiger charge is -2.34. The van der Waals surface area contributed by atoms with Crippen LogP contribution in [0.4, 0.5) is 0 Å². The smallest absolute Gasteiger partial charge is 0.255 e. The van der Waals surface area contributed by atoms with Crippen molar-refractivity contribution in [2.45, 2.75) is 12.8 Å². The van der Waals surface area contributed by atoms with Crippen LogP contribution in [0, 0.1) is 5.92 Å². The summed E-state index contributed by atoms with van der Waals surface area (Å²) in [6, 6.07) is 2.99. The molecule has 0 aromatic carbocycles. The Morgan fingerprint density at radius 1 is 1.21 bits per heavy atom. The highest BCUT2D eigenvalue weighted by Gasteiger charge is 2.27. The molecule has 102 valence electrons. The standard InChI is InChI=1S/C14H19N3O2/c18-13-4-3-12(9-15-13)14(19)17-7-5-16(6-8-17)10-11-1-2-11/h3-4,9,11H,1-2,5-8,10H2,(H,15,18). The predicted octanol–water partition coefficient (Wildman–Crippen LogP) is 0.543. The lowest BCUT2D eigenvalue weighted by Crippen LogP contribution is -2.49. The van der Waals surface area contributed by atoms with E-state index >= 15 is 0 Å². The maximum Gasteiger partial charge on any atom is 0.255 e. The predicted molar refractivity (Wildman–Crippen MR) is 72.1 cm³/mol. The molecule has 1 saturated heterocycles. The van der Waals surface area contributed by atoms with E-state index in [2.05, 4.69) is 9.88 Å². The number of hydrogen-bond donors (Lipinski definition) is 1. The summed E-state index contributed by atoms with van der Waals surface area (Å²) in [4.78, 5) is 30.1. The molecule has 1 amide bonds. The third kappa shape index (κ3) is 3.04. The van der Waals surface area contributed by atoms with Gasteiger partial charge in [-0.3, -0.25) is 14.5 Å².